The van der Waals surface area contributed by atoms with Crippen LogP contribution in [-0.2, 0) is 0 Å². The van der Waals surface area contributed by atoms with Crippen molar-refractivity contribution in [1.82, 2.24) is 9.97 Å². The van der Waals surface area contributed by atoms with Crippen LogP contribution >= 0.6 is 0 Å². The number of anilines is 2. The predicted molar refractivity (Wildman–Crippen MR) is 90.0 cm³/mol. The second-order valence-electron chi connectivity index (χ2n) is 6.52. The van der Waals surface area contributed by atoms with Gasteiger partial charge in [0.05, 0.1) is 0 Å². The zero-order valence-corrected chi connectivity index (χ0v) is 14.0. The molecule has 1 aromatic rings. The Morgan fingerprint density at radius 3 is 2.62 bits per heavy atom. The minimum Gasteiger partial charge on any atom is -0.370 e. The highest BCUT2D eigenvalue weighted by Crippen LogP contribution is 2.31. The van der Waals surface area contributed by atoms with Crippen molar-refractivity contribution in [3.8, 4) is 0 Å². The molecule has 0 unspecified atom stereocenters. The summed E-state index contributed by atoms with van der Waals surface area (Å²) in [6.07, 6.45) is 8.24. The van der Waals surface area contributed by atoms with Gasteiger partial charge in [-0.05, 0) is 39.0 Å². The fourth-order valence-electron chi connectivity index (χ4n) is 3.15. The minimum atomic E-state index is 0.659. The lowest BCUT2D eigenvalue weighted by atomic mass is 10.1. The first kappa shape index (κ1) is 16.1. The number of nitrogens with one attached hydrogen (secondary N) is 1. The van der Waals surface area contributed by atoms with Crippen LogP contribution in [0.15, 0.2) is 6.33 Å². The Kier molecular flexibility index (Phi) is 5.83. The molecular weight excluding hydrogens is 260 g/mol. The third-order valence-electron chi connectivity index (χ3n) is 4.39. The Morgan fingerprint density at radius 1 is 1.29 bits per heavy atom. The highest BCUT2D eigenvalue weighted by Gasteiger charge is 2.25. The summed E-state index contributed by atoms with van der Waals surface area (Å²) in [5.74, 6) is 2.84. The fourth-order valence-corrected chi connectivity index (χ4v) is 3.15. The third-order valence-corrected chi connectivity index (χ3v) is 4.39. The van der Waals surface area contributed by atoms with E-state index in [4.69, 9.17) is 0 Å². The molecule has 118 valence electrons. The number of hydrogen-bond donors (Lipinski definition) is 1. The molecular formula is C17H30N4. The second-order valence-corrected chi connectivity index (χ2v) is 6.52. The molecule has 0 aromatic carbocycles. The first-order chi connectivity index (χ1) is 10.1. The van der Waals surface area contributed by atoms with Crippen LogP contribution in [0.2, 0.25) is 0 Å². The normalized spacial score (nSPS) is 15.7. The summed E-state index contributed by atoms with van der Waals surface area (Å²) >= 11 is 0. The van der Waals surface area contributed by atoms with Crippen molar-refractivity contribution in [3.05, 3.63) is 11.9 Å². The van der Waals surface area contributed by atoms with Gasteiger partial charge in [-0.3, -0.25) is 0 Å². The predicted octanol–water partition coefficient (Wildman–Crippen LogP) is 4.01. The molecule has 1 aromatic heterocycles. The Labute approximate surface area is 129 Å². The summed E-state index contributed by atoms with van der Waals surface area (Å²) in [6, 6.07) is 0.659. The van der Waals surface area contributed by atoms with Gasteiger partial charge in [-0.15, -0.1) is 0 Å². The molecule has 1 heterocycles. The summed E-state index contributed by atoms with van der Waals surface area (Å²) in [4.78, 5) is 11.5. The first-order valence-electron chi connectivity index (χ1n) is 8.45. The molecule has 21 heavy (non-hydrogen) atoms. The topological polar surface area (TPSA) is 41.1 Å². The molecule has 2 rings (SSSR count). The Hall–Kier alpha value is -1.32. The van der Waals surface area contributed by atoms with Crippen LogP contribution in [0.5, 0.6) is 0 Å². The summed E-state index contributed by atoms with van der Waals surface area (Å²) in [7, 11) is 0. The number of rotatable bonds is 7. The summed E-state index contributed by atoms with van der Waals surface area (Å²) in [5.41, 5.74) is 1.19. The monoisotopic (exact) mass is 290 g/mol. The van der Waals surface area contributed by atoms with Crippen LogP contribution in [0.3, 0.4) is 0 Å². The van der Waals surface area contributed by atoms with Gasteiger partial charge in [0.15, 0.2) is 0 Å². The second kappa shape index (κ2) is 7.62. The highest BCUT2D eigenvalue weighted by molar-refractivity contribution is 5.58. The van der Waals surface area contributed by atoms with Crippen LogP contribution in [-0.4, -0.2) is 29.1 Å². The molecule has 0 aliphatic heterocycles. The molecule has 4 heteroatoms. The van der Waals surface area contributed by atoms with Crippen molar-refractivity contribution in [2.45, 2.75) is 65.8 Å². The minimum absolute atomic E-state index is 0.659. The van der Waals surface area contributed by atoms with E-state index in [2.05, 4.69) is 47.9 Å². The van der Waals surface area contributed by atoms with Crippen LogP contribution in [0, 0.1) is 12.8 Å². The standard InChI is InChI=1S/C17H30N4/c1-5-18-16-14(4)17(20-12-19-16)21(11-10-13(2)3)15-8-6-7-9-15/h12-13,15H,5-11H2,1-4H3,(H,18,19,20). The number of hydrogen-bond acceptors (Lipinski definition) is 4. The molecule has 1 N–H and O–H groups in total. The van der Waals surface area contributed by atoms with Crippen molar-refractivity contribution in [2.24, 2.45) is 5.92 Å². The van der Waals surface area contributed by atoms with Gasteiger partial charge in [-0.1, -0.05) is 26.7 Å². The first-order valence-corrected chi connectivity index (χ1v) is 8.45. The van der Waals surface area contributed by atoms with Crippen LogP contribution in [0.25, 0.3) is 0 Å². The molecule has 1 aliphatic rings. The Balaban J connectivity index is 2.24. The average Bonchev–Trinajstić information content (AvgIpc) is 2.97. The van der Waals surface area contributed by atoms with Crippen molar-refractivity contribution in [1.29, 1.82) is 0 Å². The molecule has 0 amide bonds. The molecule has 0 atom stereocenters. The van der Waals surface area contributed by atoms with Crippen molar-refractivity contribution < 1.29 is 0 Å². The van der Waals surface area contributed by atoms with Gasteiger partial charge >= 0.3 is 0 Å². The van der Waals surface area contributed by atoms with E-state index in [1.54, 1.807) is 6.33 Å². The molecule has 1 fully saturated rings. The van der Waals surface area contributed by atoms with Gasteiger partial charge in [-0.25, -0.2) is 9.97 Å². The fraction of sp³-hybridized carbons (Fsp3) is 0.765. The highest BCUT2D eigenvalue weighted by atomic mass is 15.2. The van der Waals surface area contributed by atoms with Gasteiger partial charge in [0.25, 0.3) is 0 Å². The molecule has 0 radical (unpaired) electrons. The van der Waals surface area contributed by atoms with E-state index in [0.29, 0.717) is 6.04 Å². The third kappa shape index (κ3) is 4.08. The SMILES string of the molecule is CCNc1ncnc(N(CCC(C)C)C2CCCC2)c1C. The molecule has 4 nitrogen and oxygen atoms in total. The molecule has 0 spiro atoms. The van der Waals surface area contributed by atoms with Crippen LogP contribution in [0.1, 0.15) is 58.4 Å². The molecule has 0 bridgehead atoms. The van der Waals surface area contributed by atoms with E-state index in [1.807, 2.05) is 0 Å². The van der Waals surface area contributed by atoms with E-state index in [1.165, 1.54) is 37.7 Å². The maximum Gasteiger partial charge on any atom is 0.137 e. The Morgan fingerprint density at radius 2 is 2.00 bits per heavy atom. The van der Waals surface area contributed by atoms with Gasteiger partial charge < -0.3 is 10.2 Å². The zero-order chi connectivity index (χ0) is 15.2. The largest absolute Gasteiger partial charge is 0.370 e. The summed E-state index contributed by atoms with van der Waals surface area (Å²) in [5, 5.41) is 3.35. The molecule has 0 saturated heterocycles. The quantitative estimate of drug-likeness (QED) is 0.823. The number of aromatic nitrogens is 2. The van der Waals surface area contributed by atoms with E-state index in [-0.39, 0.29) is 0 Å². The maximum absolute atomic E-state index is 4.62. The zero-order valence-electron chi connectivity index (χ0n) is 14.0. The molecule has 1 saturated carbocycles. The lowest BCUT2D eigenvalue weighted by molar-refractivity contribution is 0.524. The lowest BCUT2D eigenvalue weighted by Gasteiger charge is -2.32. The summed E-state index contributed by atoms with van der Waals surface area (Å²) in [6.45, 7) is 10.8. The van der Waals surface area contributed by atoms with Gasteiger partial charge in [0.2, 0.25) is 0 Å². The van der Waals surface area contributed by atoms with Crippen LogP contribution < -0.4 is 10.2 Å². The average molecular weight is 290 g/mol. The van der Waals surface area contributed by atoms with E-state index in [0.717, 1.165) is 30.6 Å². The van der Waals surface area contributed by atoms with Crippen LogP contribution in [0.4, 0.5) is 11.6 Å². The molecule has 1 aliphatic carbocycles. The van der Waals surface area contributed by atoms with E-state index >= 15 is 0 Å². The lowest BCUT2D eigenvalue weighted by Crippen LogP contribution is -2.36. The van der Waals surface area contributed by atoms with E-state index in [9.17, 15) is 0 Å². The van der Waals surface area contributed by atoms with Crippen molar-refractivity contribution in [2.75, 3.05) is 23.3 Å². The van der Waals surface area contributed by atoms with Crippen molar-refractivity contribution in [3.63, 3.8) is 0 Å². The smallest absolute Gasteiger partial charge is 0.137 e. The van der Waals surface area contributed by atoms with Gasteiger partial charge in [0.1, 0.15) is 18.0 Å². The number of nitrogens with zero attached hydrogens (tertiary/aromatic N) is 3. The van der Waals surface area contributed by atoms with Gasteiger partial charge in [-0.2, -0.15) is 0 Å². The van der Waals surface area contributed by atoms with Gasteiger partial charge in [0, 0.05) is 24.7 Å². The Bertz CT molecular complexity index is 438. The summed E-state index contributed by atoms with van der Waals surface area (Å²) < 4.78 is 0. The maximum atomic E-state index is 4.62. The van der Waals surface area contributed by atoms with Crippen molar-refractivity contribution >= 4 is 11.6 Å². The van der Waals surface area contributed by atoms with E-state index < -0.39 is 0 Å².